The van der Waals surface area contributed by atoms with Crippen molar-refractivity contribution in [2.75, 3.05) is 16.8 Å². The third kappa shape index (κ3) is 3.54. The van der Waals surface area contributed by atoms with Gasteiger partial charge in [0.15, 0.2) is 0 Å². The third-order valence-electron chi connectivity index (χ3n) is 4.81. The number of nitrogens with one attached hydrogen (secondary N) is 1. The van der Waals surface area contributed by atoms with Gasteiger partial charge in [0.2, 0.25) is 11.8 Å². The lowest BCUT2D eigenvalue weighted by molar-refractivity contribution is -0.122. The Labute approximate surface area is 152 Å². The van der Waals surface area contributed by atoms with Gasteiger partial charge in [-0.05, 0) is 61.7 Å². The molecule has 1 saturated heterocycles. The lowest BCUT2D eigenvalue weighted by Crippen LogP contribution is -2.28. The number of amides is 2. The maximum Gasteiger partial charge on any atom is 0.229 e. The zero-order valence-electron chi connectivity index (χ0n) is 14.6. The Morgan fingerprint density at radius 2 is 1.92 bits per heavy atom. The van der Waals surface area contributed by atoms with Crippen LogP contribution in [-0.2, 0) is 9.59 Å². The van der Waals surface area contributed by atoms with Crippen LogP contribution in [0.4, 0.5) is 11.4 Å². The van der Waals surface area contributed by atoms with Crippen LogP contribution in [0.15, 0.2) is 36.4 Å². The first-order valence-electron chi connectivity index (χ1n) is 8.30. The van der Waals surface area contributed by atoms with Crippen LogP contribution in [0.2, 0.25) is 5.02 Å². The molecular formula is C20H21ClN2O2. The Kier molecular flexibility index (Phi) is 4.82. The number of halogens is 1. The molecule has 2 aromatic carbocycles. The van der Waals surface area contributed by atoms with Gasteiger partial charge in [0.25, 0.3) is 0 Å². The Morgan fingerprint density at radius 3 is 2.64 bits per heavy atom. The molecule has 0 bridgehead atoms. The van der Waals surface area contributed by atoms with E-state index in [1.165, 1.54) is 0 Å². The van der Waals surface area contributed by atoms with E-state index >= 15 is 0 Å². The molecule has 0 saturated carbocycles. The SMILES string of the molecule is Cc1cc(Cl)ccc1NC(=O)[C@@H]1CC(=O)N(c2cccc(C)c2C)C1. The van der Waals surface area contributed by atoms with Crippen molar-refractivity contribution in [1.29, 1.82) is 0 Å². The molecule has 4 nitrogen and oxygen atoms in total. The fourth-order valence-corrected chi connectivity index (χ4v) is 3.37. The van der Waals surface area contributed by atoms with Crippen LogP contribution in [0.25, 0.3) is 0 Å². The van der Waals surface area contributed by atoms with Gasteiger partial charge >= 0.3 is 0 Å². The fraction of sp³-hybridized carbons (Fsp3) is 0.300. The summed E-state index contributed by atoms with van der Waals surface area (Å²) in [6, 6.07) is 11.2. The minimum absolute atomic E-state index is 0.0123. The van der Waals surface area contributed by atoms with Gasteiger partial charge in [-0.3, -0.25) is 9.59 Å². The van der Waals surface area contributed by atoms with Crippen LogP contribution in [0.3, 0.4) is 0 Å². The molecule has 5 heteroatoms. The summed E-state index contributed by atoms with van der Waals surface area (Å²) in [7, 11) is 0. The number of hydrogen-bond donors (Lipinski definition) is 1. The lowest BCUT2D eigenvalue weighted by Gasteiger charge is -2.20. The van der Waals surface area contributed by atoms with Crippen LogP contribution in [0, 0.1) is 26.7 Å². The van der Waals surface area contributed by atoms with Gasteiger partial charge in [0, 0.05) is 29.4 Å². The van der Waals surface area contributed by atoms with E-state index in [0.29, 0.717) is 11.6 Å². The van der Waals surface area contributed by atoms with E-state index in [-0.39, 0.29) is 24.2 Å². The molecule has 3 rings (SSSR count). The van der Waals surface area contributed by atoms with E-state index in [9.17, 15) is 9.59 Å². The maximum absolute atomic E-state index is 12.6. The number of benzene rings is 2. The molecule has 130 valence electrons. The Hall–Kier alpha value is -2.33. The molecule has 1 aliphatic heterocycles. The van der Waals surface area contributed by atoms with Crippen LogP contribution in [0.1, 0.15) is 23.1 Å². The van der Waals surface area contributed by atoms with Crippen molar-refractivity contribution >= 4 is 34.8 Å². The largest absolute Gasteiger partial charge is 0.326 e. The van der Waals surface area contributed by atoms with Gasteiger partial charge < -0.3 is 10.2 Å². The van der Waals surface area contributed by atoms with Crippen molar-refractivity contribution in [3.05, 3.63) is 58.1 Å². The standard InChI is InChI=1S/C20H21ClN2O2/c1-12-5-4-6-18(14(12)3)23-11-15(10-19(23)24)20(25)22-17-8-7-16(21)9-13(17)2/h4-9,15H,10-11H2,1-3H3,(H,22,25)/t15-/m1/s1. The molecule has 25 heavy (non-hydrogen) atoms. The number of carbonyl (C=O) groups is 2. The second-order valence-corrected chi connectivity index (χ2v) is 7.01. The van der Waals surface area contributed by atoms with Crippen molar-refractivity contribution in [2.45, 2.75) is 27.2 Å². The zero-order valence-corrected chi connectivity index (χ0v) is 15.4. The average molecular weight is 357 g/mol. The van der Waals surface area contributed by atoms with Crippen molar-refractivity contribution in [2.24, 2.45) is 5.92 Å². The molecule has 1 fully saturated rings. The van der Waals surface area contributed by atoms with E-state index in [4.69, 9.17) is 11.6 Å². The summed E-state index contributed by atoms with van der Waals surface area (Å²) in [5.74, 6) is -0.504. The van der Waals surface area contributed by atoms with Gasteiger partial charge in [-0.2, -0.15) is 0 Å². The van der Waals surface area contributed by atoms with E-state index in [1.54, 1.807) is 23.1 Å². The van der Waals surface area contributed by atoms with E-state index in [2.05, 4.69) is 5.32 Å². The Balaban J connectivity index is 1.75. The average Bonchev–Trinajstić information content (AvgIpc) is 2.94. The Bertz CT molecular complexity index is 848. The highest BCUT2D eigenvalue weighted by Gasteiger charge is 2.35. The highest BCUT2D eigenvalue weighted by Crippen LogP contribution is 2.30. The van der Waals surface area contributed by atoms with Crippen molar-refractivity contribution < 1.29 is 9.59 Å². The third-order valence-corrected chi connectivity index (χ3v) is 5.04. The van der Waals surface area contributed by atoms with Crippen molar-refractivity contribution in [1.82, 2.24) is 0 Å². The molecule has 0 aliphatic carbocycles. The molecule has 0 spiro atoms. The lowest BCUT2D eigenvalue weighted by atomic mass is 10.1. The van der Waals surface area contributed by atoms with Gasteiger partial charge in [-0.25, -0.2) is 0 Å². The van der Waals surface area contributed by atoms with Crippen molar-refractivity contribution in [3.63, 3.8) is 0 Å². The summed E-state index contributed by atoms with van der Waals surface area (Å²) in [5, 5.41) is 3.55. The molecule has 0 aromatic heterocycles. The first-order valence-corrected chi connectivity index (χ1v) is 8.68. The summed E-state index contributed by atoms with van der Waals surface area (Å²) < 4.78 is 0. The highest BCUT2D eigenvalue weighted by molar-refractivity contribution is 6.30. The molecule has 0 radical (unpaired) electrons. The second-order valence-electron chi connectivity index (χ2n) is 6.57. The van der Waals surface area contributed by atoms with E-state index in [0.717, 1.165) is 28.1 Å². The summed E-state index contributed by atoms with van der Waals surface area (Å²) in [6.07, 6.45) is 0.228. The normalized spacial score (nSPS) is 17.0. The van der Waals surface area contributed by atoms with Crippen LogP contribution in [0.5, 0.6) is 0 Å². The smallest absolute Gasteiger partial charge is 0.229 e. The van der Waals surface area contributed by atoms with Crippen LogP contribution < -0.4 is 10.2 Å². The van der Waals surface area contributed by atoms with Gasteiger partial charge in [0.1, 0.15) is 0 Å². The minimum atomic E-state index is -0.359. The fourth-order valence-electron chi connectivity index (χ4n) is 3.15. The minimum Gasteiger partial charge on any atom is -0.326 e. The van der Waals surface area contributed by atoms with E-state index in [1.807, 2.05) is 39.0 Å². The van der Waals surface area contributed by atoms with Gasteiger partial charge in [-0.15, -0.1) is 0 Å². The van der Waals surface area contributed by atoms with Gasteiger partial charge in [-0.1, -0.05) is 23.7 Å². The first kappa shape index (κ1) is 17.5. The predicted molar refractivity (Wildman–Crippen MR) is 101 cm³/mol. The molecule has 1 N–H and O–H groups in total. The first-order chi connectivity index (χ1) is 11.9. The molecule has 2 aromatic rings. The molecular weight excluding hydrogens is 336 g/mol. The van der Waals surface area contributed by atoms with Crippen LogP contribution >= 0.6 is 11.6 Å². The molecule has 1 atom stereocenters. The molecule has 1 aliphatic rings. The summed E-state index contributed by atoms with van der Waals surface area (Å²) in [5.41, 5.74) is 4.73. The summed E-state index contributed by atoms with van der Waals surface area (Å²) in [6.45, 7) is 6.32. The van der Waals surface area contributed by atoms with E-state index < -0.39 is 0 Å². The number of hydrogen-bond acceptors (Lipinski definition) is 2. The molecule has 2 amide bonds. The second kappa shape index (κ2) is 6.89. The number of carbonyl (C=O) groups excluding carboxylic acids is 2. The van der Waals surface area contributed by atoms with Crippen LogP contribution in [-0.4, -0.2) is 18.4 Å². The predicted octanol–water partition coefficient (Wildman–Crippen LogP) is 4.26. The molecule has 1 heterocycles. The monoisotopic (exact) mass is 356 g/mol. The topological polar surface area (TPSA) is 49.4 Å². The summed E-state index contributed by atoms with van der Waals surface area (Å²) in [4.78, 5) is 26.8. The Morgan fingerprint density at radius 1 is 1.16 bits per heavy atom. The number of rotatable bonds is 3. The quantitative estimate of drug-likeness (QED) is 0.893. The maximum atomic E-state index is 12.6. The molecule has 0 unspecified atom stereocenters. The zero-order chi connectivity index (χ0) is 18.1. The number of aryl methyl sites for hydroxylation is 2. The highest BCUT2D eigenvalue weighted by atomic mass is 35.5. The number of nitrogens with zero attached hydrogens (tertiary/aromatic N) is 1. The number of anilines is 2. The van der Waals surface area contributed by atoms with Gasteiger partial charge in [0.05, 0.1) is 5.92 Å². The van der Waals surface area contributed by atoms with Crippen molar-refractivity contribution in [3.8, 4) is 0 Å². The summed E-state index contributed by atoms with van der Waals surface area (Å²) >= 11 is 5.95.